The van der Waals surface area contributed by atoms with Crippen molar-refractivity contribution in [2.24, 2.45) is 0 Å². The zero-order valence-corrected chi connectivity index (χ0v) is 15.7. The molecule has 0 spiro atoms. The number of anilines is 1. The van der Waals surface area contributed by atoms with Crippen molar-refractivity contribution < 1.29 is 19.5 Å². The molecule has 2 aromatic rings. The molecule has 1 aromatic heterocycles. The third-order valence-corrected chi connectivity index (χ3v) is 5.21. The van der Waals surface area contributed by atoms with Crippen molar-refractivity contribution in [1.82, 2.24) is 19.9 Å². The smallest absolute Gasteiger partial charge is 0.358 e. The fourth-order valence-corrected chi connectivity index (χ4v) is 3.96. The zero-order valence-electron chi connectivity index (χ0n) is 14.9. The van der Waals surface area contributed by atoms with Gasteiger partial charge in [0.1, 0.15) is 12.6 Å². The quantitative estimate of drug-likeness (QED) is 0.787. The van der Waals surface area contributed by atoms with Gasteiger partial charge in [0.2, 0.25) is 11.8 Å². The Hall–Kier alpha value is -2.88. The van der Waals surface area contributed by atoms with Crippen LogP contribution in [-0.2, 0) is 16.1 Å². The lowest BCUT2D eigenvalue weighted by atomic mass is 10.1. The number of carboxylic acids is 1. The second-order valence-electron chi connectivity index (χ2n) is 6.29. The Bertz CT molecular complexity index is 897. The van der Waals surface area contributed by atoms with Gasteiger partial charge < -0.3 is 15.3 Å². The van der Waals surface area contributed by atoms with Crippen molar-refractivity contribution in [2.45, 2.75) is 26.4 Å². The Morgan fingerprint density at radius 2 is 2.11 bits per heavy atom. The molecule has 3 rings (SSSR count). The number of nitrogens with one attached hydrogen (secondary N) is 1. The number of carbonyl (C=O) groups excluding carboxylic acids is 2. The predicted molar refractivity (Wildman–Crippen MR) is 99.5 cm³/mol. The van der Waals surface area contributed by atoms with Crippen LogP contribution in [0.15, 0.2) is 24.4 Å². The molecule has 1 unspecified atom stereocenters. The first-order valence-electron chi connectivity index (χ1n) is 8.24. The first kappa shape index (κ1) is 18.9. The average molecular weight is 389 g/mol. The number of aromatic nitrogens is 3. The second kappa shape index (κ2) is 7.78. The second-order valence-corrected chi connectivity index (χ2v) is 7.29. The van der Waals surface area contributed by atoms with E-state index in [1.807, 2.05) is 32.0 Å². The van der Waals surface area contributed by atoms with Gasteiger partial charge in [-0.3, -0.25) is 9.59 Å². The minimum absolute atomic E-state index is 0.172. The highest BCUT2D eigenvalue weighted by Crippen LogP contribution is 2.24. The van der Waals surface area contributed by atoms with E-state index in [1.54, 1.807) is 0 Å². The summed E-state index contributed by atoms with van der Waals surface area (Å²) in [5, 5.41) is 18.9. The van der Waals surface area contributed by atoms with E-state index < -0.39 is 12.0 Å². The van der Waals surface area contributed by atoms with Crippen LogP contribution in [0, 0.1) is 13.8 Å². The third-order valence-electron chi connectivity index (χ3n) is 4.20. The molecule has 2 heterocycles. The van der Waals surface area contributed by atoms with E-state index in [-0.39, 0.29) is 24.1 Å². The van der Waals surface area contributed by atoms with Gasteiger partial charge in [0.25, 0.3) is 0 Å². The average Bonchev–Trinajstić information content (AvgIpc) is 3.26. The molecule has 27 heavy (non-hydrogen) atoms. The molecule has 1 fully saturated rings. The highest BCUT2D eigenvalue weighted by atomic mass is 32.2. The van der Waals surface area contributed by atoms with E-state index in [4.69, 9.17) is 5.11 Å². The molecule has 1 saturated heterocycles. The van der Waals surface area contributed by atoms with E-state index in [9.17, 15) is 14.4 Å². The van der Waals surface area contributed by atoms with Crippen LogP contribution in [0.5, 0.6) is 0 Å². The van der Waals surface area contributed by atoms with Crippen LogP contribution >= 0.6 is 11.8 Å². The minimum Gasteiger partial charge on any atom is -0.476 e. The lowest BCUT2D eigenvalue weighted by Gasteiger charge is -2.23. The van der Waals surface area contributed by atoms with Gasteiger partial charge in [-0.15, -0.1) is 16.9 Å². The van der Waals surface area contributed by atoms with Crippen molar-refractivity contribution in [3.8, 4) is 0 Å². The largest absolute Gasteiger partial charge is 0.476 e. The number of hydrogen-bond acceptors (Lipinski definition) is 6. The number of nitrogens with zero attached hydrogens (tertiary/aromatic N) is 4. The summed E-state index contributed by atoms with van der Waals surface area (Å²) in [5.74, 6) is -0.881. The number of carbonyl (C=O) groups is 3. The Labute approximate surface area is 159 Å². The highest BCUT2D eigenvalue weighted by Gasteiger charge is 2.35. The summed E-state index contributed by atoms with van der Waals surface area (Å²) < 4.78 is 1.16. The van der Waals surface area contributed by atoms with Gasteiger partial charge in [-0.1, -0.05) is 22.9 Å². The Morgan fingerprint density at radius 3 is 2.78 bits per heavy atom. The maximum absolute atomic E-state index is 12.7. The number of thioether (sulfide) groups is 1. The van der Waals surface area contributed by atoms with Crippen LogP contribution < -0.4 is 5.32 Å². The molecule has 10 heteroatoms. The number of hydrogen-bond donors (Lipinski definition) is 2. The van der Waals surface area contributed by atoms with Crippen molar-refractivity contribution >= 4 is 35.2 Å². The lowest BCUT2D eigenvalue weighted by Crippen LogP contribution is -2.45. The van der Waals surface area contributed by atoms with E-state index in [2.05, 4.69) is 15.6 Å². The summed E-state index contributed by atoms with van der Waals surface area (Å²) >= 11 is 1.49. The molecule has 1 aliphatic heterocycles. The van der Waals surface area contributed by atoms with Crippen LogP contribution in [-0.4, -0.2) is 60.5 Å². The van der Waals surface area contributed by atoms with Gasteiger partial charge in [-0.05, 0) is 25.5 Å². The number of aryl methyl sites for hydroxylation is 2. The fraction of sp³-hybridized carbons (Fsp3) is 0.353. The van der Waals surface area contributed by atoms with Crippen LogP contribution in [0.3, 0.4) is 0 Å². The third kappa shape index (κ3) is 4.27. The van der Waals surface area contributed by atoms with Crippen LogP contribution in [0.2, 0.25) is 0 Å². The summed E-state index contributed by atoms with van der Waals surface area (Å²) in [6.07, 6.45) is 1.19. The van der Waals surface area contributed by atoms with Gasteiger partial charge in [0, 0.05) is 11.4 Å². The van der Waals surface area contributed by atoms with Gasteiger partial charge >= 0.3 is 5.97 Å². The molecule has 9 nitrogen and oxygen atoms in total. The molecular formula is C17H19N5O4S. The van der Waals surface area contributed by atoms with Crippen molar-refractivity contribution in [3.63, 3.8) is 0 Å². The number of aromatic carboxylic acids is 1. The number of amides is 2. The summed E-state index contributed by atoms with van der Waals surface area (Å²) in [5.41, 5.74) is 2.54. The topological polar surface area (TPSA) is 117 Å². The van der Waals surface area contributed by atoms with Crippen LogP contribution in [0.25, 0.3) is 0 Å². The number of carboxylic acid groups (broad SMARTS) is 1. The summed E-state index contributed by atoms with van der Waals surface area (Å²) in [6, 6.07) is 5.15. The maximum Gasteiger partial charge on any atom is 0.358 e. The Kier molecular flexibility index (Phi) is 5.45. The molecule has 2 N–H and O–H groups in total. The van der Waals surface area contributed by atoms with Gasteiger partial charge in [-0.2, -0.15) is 0 Å². The molecule has 1 aliphatic rings. The summed E-state index contributed by atoms with van der Waals surface area (Å²) in [7, 11) is 0. The molecule has 0 radical (unpaired) electrons. The van der Waals surface area contributed by atoms with E-state index in [1.165, 1.54) is 22.9 Å². The lowest BCUT2D eigenvalue weighted by molar-refractivity contribution is -0.136. The maximum atomic E-state index is 12.7. The first-order chi connectivity index (χ1) is 12.8. The molecule has 0 bridgehead atoms. The molecule has 0 aliphatic carbocycles. The minimum atomic E-state index is -1.21. The molecule has 1 atom stereocenters. The molecule has 2 amide bonds. The monoisotopic (exact) mass is 389 g/mol. The molecule has 0 saturated carbocycles. The van der Waals surface area contributed by atoms with Crippen molar-refractivity contribution in [2.75, 3.05) is 16.9 Å². The predicted octanol–water partition coefficient (Wildman–Crippen LogP) is 1.13. The van der Waals surface area contributed by atoms with Crippen LogP contribution in [0.4, 0.5) is 5.69 Å². The number of benzene rings is 1. The van der Waals surface area contributed by atoms with Crippen molar-refractivity contribution in [1.29, 1.82) is 0 Å². The fourth-order valence-electron chi connectivity index (χ4n) is 2.78. The van der Waals surface area contributed by atoms with Gasteiger partial charge in [-0.25, -0.2) is 9.48 Å². The molecule has 1 aromatic carbocycles. The first-order valence-corrected chi connectivity index (χ1v) is 9.39. The highest BCUT2D eigenvalue weighted by molar-refractivity contribution is 7.99. The number of rotatable bonds is 5. The van der Waals surface area contributed by atoms with E-state index in [0.717, 1.165) is 21.5 Å². The Balaban J connectivity index is 1.67. The SMILES string of the molecule is Cc1ccc(NC(=O)C2CSCN2C(=O)Cn2cc(C(=O)O)nn2)c(C)c1. The van der Waals surface area contributed by atoms with Crippen molar-refractivity contribution in [3.05, 3.63) is 41.2 Å². The van der Waals surface area contributed by atoms with Gasteiger partial charge in [0.05, 0.1) is 12.1 Å². The standard InChI is InChI=1S/C17H19N5O4S/c1-10-3-4-12(11(2)5-10)18-16(24)14-8-27-9-22(14)15(23)7-21-6-13(17(25)26)19-20-21/h3-6,14H,7-9H2,1-2H3,(H,18,24)(H,25,26). The molecule has 142 valence electrons. The van der Waals surface area contributed by atoms with E-state index in [0.29, 0.717) is 11.6 Å². The zero-order chi connectivity index (χ0) is 19.6. The Morgan fingerprint density at radius 1 is 1.33 bits per heavy atom. The van der Waals surface area contributed by atoms with Crippen LogP contribution in [0.1, 0.15) is 21.6 Å². The summed E-state index contributed by atoms with van der Waals surface area (Å²) in [4.78, 5) is 37.6. The normalized spacial score (nSPS) is 16.4. The molecular weight excluding hydrogens is 370 g/mol. The summed E-state index contributed by atoms with van der Waals surface area (Å²) in [6.45, 7) is 3.72. The van der Waals surface area contributed by atoms with Gasteiger partial charge in [0.15, 0.2) is 5.69 Å². The van der Waals surface area contributed by atoms with E-state index >= 15 is 0 Å².